The number of benzene rings is 1. The van der Waals surface area contributed by atoms with Crippen LogP contribution in [-0.4, -0.2) is 12.1 Å². The average molecular weight is 250 g/mol. The van der Waals surface area contributed by atoms with Crippen LogP contribution in [0.15, 0.2) is 18.2 Å². The molecule has 0 aliphatic heterocycles. The zero-order chi connectivity index (χ0) is 12.5. The van der Waals surface area contributed by atoms with Crippen molar-refractivity contribution in [3.8, 4) is 0 Å². The van der Waals surface area contributed by atoms with E-state index in [1.165, 1.54) is 15.3 Å². The SMILES string of the molecule is CONCc1ccc2sc(C(C)(C)C)nc2c1. The molecule has 0 atom stereocenters. The van der Waals surface area contributed by atoms with E-state index in [4.69, 9.17) is 9.82 Å². The Morgan fingerprint density at radius 3 is 2.76 bits per heavy atom. The van der Waals surface area contributed by atoms with Gasteiger partial charge in [-0.15, -0.1) is 11.3 Å². The van der Waals surface area contributed by atoms with Crippen molar-refractivity contribution in [2.75, 3.05) is 7.11 Å². The molecular formula is C13H18N2OS. The number of nitrogens with one attached hydrogen (secondary N) is 1. The molecular weight excluding hydrogens is 232 g/mol. The summed E-state index contributed by atoms with van der Waals surface area (Å²) in [7, 11) is 1.62. The van der Waals surface area contributed by atoms with E-state index in [1.807, 2.05) is 0 Å². The maximum Gasteiger partial charge on any atom is 0.0992 e. The fourth-order valence-corrected chi connectivity index (χ4v) is 2.56. The van der Waals surface area contributed by atoms with Crippen LogP contribution in [0.4, 0.5) is 0 Å². The highest BCUT2D eigenvalue weighted by Crippen LogP contribution is 2.31. The standard InChI is InChI=1S/C13H18N2OS/c1-13(2,3)12-15-10-7-9(8-14-16-4)5-6-11(10)17-12/h5-7,14H,8H2,1-4H3. The van der Waals surface area contributed by atoms with Gasteiger partial charge in [0.1, 0.15) is 0 Å². The largest absolute Gasteiger partial charge is 0.305 e. The third kappa shape index (κ3) is 2.83. The van der Waals surface area contributed by atoms with Crippen molar-refractivity contribution in [2.24, 2.45) is 0 Å². The molecule has 0 saturated heterocycles. The summed E-state index contributed by atoms with van der Waals surface area (Å²) in [4.78, 5) is 9.55. The van der Waals surface area contributed by atoms with E-state index >= 15 is 0 Å². The fourth-order valence-electron chi connectivity index (χ4n) is 1.56. The second kappa shape index (κ2) is 4.72. The van der Waals surface area contributed by atoms with E-state index in [0.717, 1.165) is 5.52 Å². The van der Waals surface area contributed by atoms with Crippen LogP contribution in [0.25, 0.3) is 10.2 Å². The second-order valence-electron chi connectivity index (χ2n) is 5.10. The molecule has 0 aliphatic carbocycles. The Labute approximate surface area is 106 Å². The third-order valence-corrected chi connectivity index (χ3v) is 3.98. The highest BCUT2D eigenvalue weighted by Gasteiger charge is 2.18. The van der Waals surface area contributed by atoms with Crippen molar-refractivity contribution >= 4 is 21.6 Å². The first-order valence-electron chi connectivity index (χ1n) is 5.66. The molecule has 3 nitrogen and oxygen atoms in total. The Morgan fingerprint density at radius 1 is 1.35 bits per heavy atom. The minimum atomic E-state index is 0.120. The molecule has 17 heavy (non-hydrogen) atoms. The number of hydrogen-bond donors (Lipinski definition) is 1. The number of rotatable bonds is 3. The molecule has 0 unspecified atom stereocenters. The van der Waals surface area contributed by atoms with Gasteiger partial charge in [0.2, 0.25) is 0 Å². The molecule has 1 aromatic carbocycles. The Bertz CT molecular complexity index is 514. The topological polar surface area (TPSA) is 34.1 Å². The van der Waals surface area contributed by atoms with Gasteiger partial charge >= 0.3 is 0 Å². The molecule has 0 fully saturated rings. The fraction of sp³-hybridized carbons (Fsp3) is 0.462. The lowest BCUT2D eigenvalue weighted by Gasteiger charge is -2.13. The molecule has 2 aromatic rings. The van der Waals surface area contributed by atoms with E-state index < -0.39 is 0 Å². The first-order chi connectivity index (χ1) is 8.00. The quantitative estimate of drug-likeness (QED) is 0.849. The summed E-state index contributed by atoms with van der Waals surface area (Å²) in [5.74, 6) is 0. The van der Waals surface area contributed by atoms with Gasteiger partial charge < -0.3 is 4.84 Å². The minimum absolute atomic E-state index is 0.120. The van der Waals surface area contributed by atoms with E-state index in [0.29, 0.717) is 6.54 Å². The van der Waals surface area contributed by atoms with Gasteiger partial charge in [-0.05, 0) is 17.7 Å². The predicted molar refractivity (Wildman–Crippen MR) is 72.2 cm³/mol. The summed E-state index contributed by atoms with van der Waals surface area (Å²) < 4.78 is 1.25. The predicted octanol–water partition coefficient (Wildman–Crippen LogP) is 3.24. The number of aromatic nitrogens is 1. The number of fused-ring (bicyclic) bond motifs is 1. The van der Waals surface area contributed by atoms with Crippen molar-refractivity contribution < 1.29 is 4.84 Å². The first kappa shape index (κ1) is 12.5. The molecule has 1 N–H and O–H groups in total. The number of nitrogens with zero attached hydrogens (tertiary/aromatic N) is 1. The van der Waals surface area contributed by atoms with E-state index in [2.05, 4.69) is 44.5 Å². The van der Waals surface area contributed by atoms with Crippen molar-refractivity contribution in [3.63, 3.8) is 0 Å². The molecule has 0 spiro atoms. The van der Waals surface area contributed by atoms with Crippen molar-refractivity contribution in [1.82, 2.24) is 10.5 Å². The Hall–Kier alpha value is -0.970. The lowest BCUT2D eigenvalue weighted by atomic mass is 9.98. The van der Waals surface area contributed by atoms with Gasteiger partial charge in [-0.1, -0.05) is 26.8 Å². The van der Waals surface area contributed by atoms with Crippen LogP contribution < -0.4 is 5.48 Å². The zero-order valence-corrected chi connectivity index (χ0v) is 11.5. The smallest absolute Gasteiger partial charge is 0.0992 e. The zero-order valence-electron chi connectivity index (χ0n) is 10.7. The highest BCUT2D eigenvalue weighted by atomic mass is 32.1. The van der Waals surface area contributed by atoms with E-state index in [1.54, 1.807) is 18.4 Å². The lowest BCUT2D eigenvalue weighted by Crippen LogP contribution is -2.10. The van der Waals surface area contributed by atoms with Gasteiger partial charge in [0.25, 0.3) is 0 Å². The molecule has 4 heteroatoms. The van der Waals surface area contributed by atoms with Crippen LogP contribution in [0.5, 0.6) is 0 Å². The van der Waals surface area contributed by atoms with Crippen molar-refractivity contribution in [3.05, 3.63) is 28.8 Å². The number of hydrogen-bond acceptors (Lipinski definition) is 4. The van der Waals surface area contributed by atoms with Gasteiger partial charge in [-0.25, -0.2) is 4.98 Å². The van der Waals surface area contributed by atoms with Gasteiger partial charge in [0, 0.05) is 12.0 Å². The normalized spacial score (nSPS) is 12.2. The van der Waals surface area contributed by atoms with Crippen LogP contribution >= 0.6 is 11.3 Å². The molecule has 0 amide bonds. The molecule has 1 heterocycles. The lowest BCUT2D eigenvalue weighted by molar-refractivity contribution is 0.0867. The summed E-state index contributed by atoms with van der Waals surface area (Å²) in [5.41, 5.74) is 5.23. The molecule has 1 aromatic heterocycles. The van der Waals surface area contributed by atoms with Crippen molar-refractivity contribution in [1.29, 1.82) is 0 Å². The summed E-state index contributed by atoms with van der Waals surface area (Å²) >= 11 is 1.77. The molecule has 0 aliphatic rings. The molecule has 92 valence electrons. The Balaban J connectivity index is 2.34. The van der Waals surface area contributed by atoms with Crippen LogP contribution in [0, 0.1) is 0 Å². The Morgan fingerprint density at radius 2 is 2.12 bits per heavy atom. The highest BCUT2D eigenvalue weighted by molar-refractivity contribution is 7.18. The van der Waals surface area contributed by atoms with Crippen molar-refractivity contribution in [2.45, 2.75) is 32.7 Å². The van der Waals surface area contributed by atoms with Gasteiger partial charge in [-0.3, -0.25) is 0 Å². The summed E-state index contributed by atoms with van der Waals surface area (Å²) in [6, 6.07) is 6.36. The molecule has 0 saturated carbocycles. The first-order valence-corrected chi connectivity index (χ1v) is 6.48. The van der Waals surface area contributed by atoms with Gasteiger partial charge in [-0.2, -0.15) is 5.48 Å². The summed E-state index contributed by atoms with van der Waals surface area (Å²) in [6.07, 6.45) is 0. The Kier molecular flexibility index (Phi) is 3.47. The van der Waals surface area contributed by atoms with E-state index in [9.17, 15) is 0 Å². The van der Waals surface area contributed by atoms with Gasteiger partial charge in [0.15, 0.2) is 0 Å². The third-order valence-electron chi connectivity index (χ3n) is 2.51. The number of thiazole rings is 1. The van der Waals surface area contributed by atoms with Crippen LogP contribution in [0.1, 0.15) is 31.3 Å². The second-order valence-corrected chi connectivity index (χ2v) is 6.13. The van der Waals surface area contributed by atoms with Gasteiger partial charge in [0.05, 0.1) is 22.3 Å². The number of hydroxylamine groups is 1. The maximum atomic E-state index is 4.85. The van der Waals surface area contributed by atoms with Crippen LogP contribution in [0.3, 0.4) is 0 Å². The van der Waals surface area contributed by atoms with E-state index in [-0.39, 0.29) is 5.41 Å². The minimum Gasteiger partial charge on any atom is -0.305 e. The van der Waals surface area contributed by atoms with Crippen LogP contribution in [-0.2, 0) is 16.8 Å². The summed E-state index contributed by atoms with van der Waals surface area (Å²) in [5, 5.41) is 1.18. The van der Waals surface area contributed by atoms with Crippen LogP contribution in [0.2, 0.25) is 0 Å². The monoisotopic (exact) mass is 250 g/mol. The molecule has 2 rings (SSSR count). The molecule has 0 bridgehead atoms. The summed E-state index contributed by atoms with van der Waals surface area (Å²) in [6.45, 7) is 7.28. The molecule has 0 radical (unpaired) electrons. The maximum absolute atomic E-state index is 4.85. The average Bonchev–Trinajstić information content (AvgIpc) is 2.68.